The molecule has 0 amide bonds. The first kappa shape index (κ1) is 20.2. The lowest BCUT2D eigenvalue weighted by Crippen LogP contribution is -2.45. The first-order chi connectivity index (χ1) is 11.0. The molecule has 0 aromatic heterocycles. The third kappa shape index (κ3) is 8.56. The minimum Gasteiger partial charge on any atom is -0.357 e. The second-order valence-corrected chi connectivity index (χ2v) is 7.02. The lowest BCUT2D eigenvalue weighted by Gasteiger charge is -2.30. The van der Waals surface area contributed by atoms with E-state index in [4.69, 9.17) is 4.99 Å². The normalized spacial score (nSPS) is 16.8. The second kappa shape index (κ2) is 11.7. The van der Waals surface area contributed by atoms with Gasteiger partial charge in [-0.3, -0.25) is 9.89 Å². The van der Waals surface area contributed by atoms with Crippen LogP contribution in [0.5, 0.6) is 0 Å². The van der Waals surface area contributed by atoms with Gasteiger partial charge in [-0.25, -0.2) is 0 Å². The van der Waals surface area contributed by atoms with Crippen LogP contribution in [0.3, 0.4) is 0 Å². The first-order valence-electron chi connectivity index (χ1n) is 9.54. The predicted molar refractivity (Wildman–Crippen MR) is 101 cm³/mol. The average Bonchev–Trinajstić information content (AvgIpc) is 3.00. The van der Waals surface area contributed by atoms with E-state index in [9.17, 15) is 0 Å². The van der Waals surface area contributed by atoms with Gasteiger partial charge in [0.15, 0.2) is 5.96 Å². The lowest BCUT2D eigenvalue weighted by molar-refractivity contribution is 0.178. The van der Waals surface area contributed by atoms with Crippen molar-refractivity contribution in [3.05, 3.63) is 0 Å². The van der Waals surface area contributed by atoms with Crippen LogP contribution in [-0.2, 0) is 0 Å². The van der Waals surface area contributed by atoms with Crippen molar-refractivity contribution in [3.63, 3.8) is 0 Å². The van der Waals surface area contributed by atoms with E-state index in [1.54, 1.807) is 0 Å². The standard InChI is InChI=1S/C18H39N5/c1-6-19-18(20-10-9-14-22-12-7-8-13-22)21-11-15-23(16(2)3)17(4)5/h16-17H,6-15H2,1-5H3,(H2,19,20,21). The van der Waals surface area contributed by atoms with Gasteiger partial charge in [0.05, 0.1) is 0 Å². The van der Waals surface area contributed by atoms with Gasteiger partial charge in [0.2, 0.25) is 0 Å². The molecule has 5 heteroatoms. The highest BCUT2D eigenvalue weighted by molar-refractivity contribution is 5.79. The van der Waals surface area contributed by atoms with E-state index in [1.807, 2.05) is 0 Å². The van der Waals surface area contributed by atoms with Crippen LogP contribution in [0.2, 0.25) is 0 Å². The Morgan fingerprint density at radius 2 is 1.74 bits per heavy atom. The molecular weight excluding hydrogens is 286 g/mol. The van der Waals surface area contributed by atoms with Crippen molar-refractivity contribution in [1.82, 2.24) is 20.4 Å². The van der Waals surface area contributed by atoms with Gasteiger partial charge in [0, 0.05) is 38.3 Å². The molecule has 0 saturated carbocycles. The van der Waals surface area contributed by atoms with Gasteiger partial charge >= 0.3 is 0 Å². The van der Waals surface area contributed by atoms with Crippen LogP contribution >= 0.6 is 0 Å². The average molecular weight is 326 g/mol. The Bertz CT molecular complexity index is 313. The zero-order valence-electron chi connectivity index (χ0n) is 16.1. The molecular formula is C18H39N5. The minimum atomic E-state index is 0.580. The number of rotatable bonds is 10. The van der Waals surface area contributed by atoms with Gasteiger partial charge in [0.1, 0.15) is 0 Å². The maximum absolute atomic E-state index is 4.71. The molecule has 1 rings (SSSR count). The minimum absolute atomic E-state index is 0.580. The Hall–Kier alpha value is -0.810. The summed E-state index contributed by atoms with van der Waals surface area (Å²) in [4.78, 5) is 9.77. The molecule has 2 N–H and O–H groups in total. The van der Waals surface area contributed by atoms with Gasteiger partial charge in [-0.15, -0.1) is 0 Å². The first-order valence-corrected chi connectivity index (χ1v) is 9.54. The van der Waals surface area contributed by atoms with Crippen molar-refractivity contribution in [3.8, 4) is 0 Å². The molecule has 1 heterocycles. The number of guanidine groups is 1. The van der Waals surface area contributed by atoms with Crippen LogP contribution in [-0.4, -0.2) is 73.7 Å². The number of likely N-dealkylation sites (tertiary alicyclic amines) is 1. The van der Waals surface area contributed by atoms with Crippen molar-refractivity contribution in [2.24, 2.45) is 4.99 Å². The Morgan fingerprint density at radius 1 is 1.09 bits per heavy atom. The summed E-state index contributed by atoms with van der Waals surface area (Å²) >= 11 is 0. The zero-order valence-corrected chi connectivity index (χ0v) is 16.1. The van der Waals surface area contributed by atoms with Gasteiger partial charge in [-0.2, -0.15) is 0 Å². The highest BCUT2D eigenvalue weighted by Gasteiger charge is 2.13. The monoisotopic (exact) mass is 325 g/mol. The van der Waals surface area contributed by atoms with Crippen LogP contribution in [0.1, 0.15) is 53.9 Å². The summed E-state index contributed by atoms with van der Waals surface area (Å²) < 4.78 is 0. The summed E-state index contributed by atoms with van der Waals surface area (Å²) in [5, 5.41) is 6.82. The molecule has 0 unspecified atom stereocenters. The molecule has 5 nitrogen and oxygen atoms in total. The molecule has 1 fully saturated rings. The van der Waals surface area contributed by atoms with Crippen LogP contribution in [0, 0.1) is 0 Å². The molecule has 0 atom stereocenters. The largest absolute Gasteiger partial charge is 0.357 e. The molecule has 1 saturated heterocycles. The quantitative estimate of drug-likeness (QED) is 0.367. The highest BCUT2D eigenvalue weighted by Crippen LogP contribution is 2.07. The molecule has 0 aliphatic carbocycles. The Labute approximate surface area is 143 Å². The third-order valence-electron chi connectivity index (χ3n) is 4.43. The fourth-order valence-corrected chi connectivity index (χ4v) is 3.25. The second-order valence-electron chi connectivity index (χ2n) is 7.02. The highest BCUT2D eigenvalue weighted by atomic mass is 15.2. The topological polar surface area (TPSA) is 42.9 Å². The molecule has 0 spiro atoms. The van der Waals surface area contributed by atoms with Crippen LogP contribution < -0.4 is 10.6 Å². The molecule has 136 valence electrons. The molecule has 23 heavy (non-hydrogen) atoms. The van der Waals surface area contributed by atoms with Crippen molar-refractivity contribution in [2.45, 2.75) is 66.0 Å². The summed E-state index contributed by atoms with van der Waals surface area (Å²) in [6.45, 7) is 18.7. The third-order valence-corrected chi connectivity index (χ3v) is 4.43. The van der Waals surface area contributed by atoms with E-state index >= 15 is 0 Å². The van der Waals surface area contributed by atoms with Gasteiger partial charge in [-0.1, -0.05) is 0 Å². The van der Waals surface area contributed by atoms with Crippen LogP contribution in [0.4, 0.5) is 0 Å². The van der Waals surface area contributed by atoms with Crippen molar-refractivity contribution < 1.29 is 0 Å². The molecule has 0 aromatic rings. The molecule has 0 bridgehead atoms. The van der Waals surface area contributed by atoms with Crippen molar-refractivity contribution in [1.29, 1.82) is 0 Å². The van der Waals surface area contributed by atoms with E-state index in [0.29, 0.717) is 12.1 Å². The SMILES string of the molecule is CCNC(=NCCCN1CCCC1)NCCN(C(C)C)C(C)C. The zero-order chi connectivity index (χ0) is 17.1. The fraction of sp³-hybridized carbons (Fsp3) is 0.944. The fourth-order valence-electron chi connectivity index (χ4n) is 3.25. The summed E-state index contributed by atoms with van der Waals surface area (Å²) in [5.74, 6) is 0.960. The van der Waals surface area contributed by atoms with Gasteiger partial charge in [0.25, 0.3) is 0 Å². The number of hydrogen-bond acceptors (Lipinski definition) is 3. The van der Waals surface area contributed by atoms with E-state index in [1.165, 1.54) is 32.5 Å². The Kier molecular flexibility index (Phi) is 10.3. The molecule has 0 radical (unpaired) electrons. The van der Waals surface area contributed by atoms with Crippen molar-refractivity contribution >= 4 is 5.96 Å². The van der Waals surface area contributed by atoms with E-state index in [2.05, 4.69) is 55.1 Å². The number of nitrogens with zero attached hydrogens (tertiary/aromatic N) is 3. The number of aliphatic imine (C=N–C) groups is 1. The number of nitrogens with one attached hydrogen (secondary N) is 2. The van der Waals surface area contributed by atoms with Crippen LogP contribution in [0.25, 0.3) is 0 Å². The van der Waals surface area contributed by atoms with Gasteiger partial charge < -0.3 is 15.5 Å². The molecule has 1 aliphatic rings. The molecule has 0 aromatic carbocycles. The molecule has 1 aliphatic heterocycles. The predicted octanol–water partition coefficient (Wildman–Crippen LogP) is 2.15. The van der Waals surface area contributed by atoms with Crippen molar-refractivity contribution in [2.75, 3.05) is 45.8 Å². The smallest absolute Gasteiger partial charge is 0.191 e. The van der Waals surface area contributed by atoms with E-state index < -0.39 is 0 Å². The summed E-state index contributed by atoms with van der Waals surface area (Å²) in [6, 6.07) is 1.16. The maximum Gasteiger partial charge on any atom is 0.191 e. The maximum atomic E-state index is 4.71. The lowest BCUT2D eigenvalue weighted by atomic mass is 10.2. The summed E-state index contributed by atoms with van der Waals surface area (Å²) in [6.07, 6.45) is 3.89. The van der Waals surface area contributed by atoms with Crippen LogP contribution in [0.15, 0.2) is 4.99 Å². The Morgan fingerprint density at radius 3 is 2.30 bits per heavy atom. The van der Waals surface area contributed by atoms with Gasteiger partial charge in [-0.05, 0) is 73.5 Å². The summed E-state index contributed by atoms with van der Waals surface area (Å²) in [7, 11) is 0. The Balaban J connectivity index is 2.27. The van der Waals surface area contributed by atoms with E-state index in [0.717, 1.165) is 38.6 Å². The number of hydrogen-bond donors (Lipinski definition) is 2. The summed E-state index contributed by atoms with van der Waals surface area (Å²) in [5.41, 5.74) is 0. The van der Waals surface area contributed by atoms with E-state index in [-0.39, 0.29) is 0 Å².